The summed E-state index contributed by atoms with van der Waals surface area (Å²) in [5.41, 5.74) is 0.753. The van der Waals surface area contributed by atoms with E-state index in [1.165, 1.54) is 16.4 Å². The summed E-state index contributed by atoms with van der Waals surface area (Å²) in [4.78, 5) is 0. The standard InChI is InChI=1S/C16H22FN5O2S/c1-11(2)21(3)25(23,24)20-14-8-9-15-18-19-16(22(15)10-14)12-4-6-13(17)7-5-12/h4-7,11,14,20H,8-10H2,1-3H3. The molecule has 2 heterocycles. The largest absolute Gasteiger partial charge is 0.309 e. The molecule has 1 unspecified atom stereocenters. The normalized spacial score (nSPS) is 17.9. The minimum Gasteiger partial charge on any atom is -0.309 e. The molecule has 0 spiro atoms. The molecule has 9 heteroatoms. The summed E-state index contributed by atoms with van der Waals surface area (Å²) < 4.78 is 43.9. The van der Waals surface area contributed by atoms with E-state index in [-0.39, 0.29) is 17.9 Å². The molecule has 0 radical (unpaired) electrons. The summed E-state index contributed by atoms with van der Waals surface area (Å²) >= 11 is 0. The number of rotatable bonds is 5. The Hall–Kier alpha value is -1.84. The summed E-state index contributed by atoms with van der Waals surface area (Å²) in [6, 6.07) is 5.67. The topological polar surface area (TPSA) is 80.1 Å². The van der Waals surface area contributed by atoms with Gasteiger partial charge in [-0.05, 0) is 44.5 Å². The number of fused-ring (bicyclic) bond motifs is 1. The van der Waals surface area contributed by atoms with Crippen molar-refractivity contribution in [3.05, 3.63) is 35.9 Å². The molecule has 1 aliphatic heterocycles. The van der Waals surface area contributed by atoms with Crippen LogP contribution in [0.15, 0.2) is 24.3 Å². The summed E-state index contributed by atoms with van der Waals surface area (Å²) in [5, 5.41) is 8.38. The van der Waals surface area contributed by atoms with E-state index >= 15 is 0 Å². The van der Waals surface area contributed by atoms with Crippen molar-refractivity contribution in [2.75, 3.05) is 7.05 Å². The van der Waals surface area contributed by atoms with Crippen LogP contribution in [0.5, 0.6) is 0 Å². The summed E-state index contributed by atoms with van der Waals surface area (Å²) in [7, 11) is -1.99. The van der Waals surface area contributed by atoms with Crippen LogP contribution in [-0.4, -0.2) is 46.6 Å². The number of aromatic nitrogens is 3. The van der Waals surface area contributed by atoms with Crippen molar-refractivity contribution in [3.63, 3.8) is 0 Å². The minimum absolute atomic E-state index is 0.124. The van der Waals surface area contributed by atoms with Gasteiger partial charge in [-0.2, -0.15) is 17.4 Å². The molecule has 1 atom stereocenters. The molecule has 136 valence electrons. The first-order chi connectivity index (χ1) is 11.8. The molecule has 0 bridgehead atoms. The van der Waals surface area contributed by atoms with E-state index in [0.717, 1.165) is 11.4 Å². The maximum Gasteiger partial charge on any atom is 0.279 e. The van der Waals surface area contributed by atoms with Crippen LogP contribution in [-0.2, 0) is 23.2 Å². The summed E-state index contributed by atoms with van der Waals surface area (Å²) in [6.07, 6.45) is 1.29. The van der Waals surface area contributed by atoms with Crippen molar-refractivity contribution in [1.82, 2.24) is 23.8 Å². The van der Waals surface area contributed by atoms with Crippen LogP contribution >= 0.6 is 0 Å². The highest BCUT2D eigenvalue weighted by Gasteiger charge is 2.29. The lowest BCUT2D eigenvalue weighted by Crippen LogP contribution is -2.48. The number of benzene rings is 1. The van der Waals surface area contributed by atoms with E-state index in [0.29, 0.717) is 25.2 Å². The first-order valence-corrected chi connectivity index (χ1v) is 9.65. The van der Waals surface area contributed by atoms with Gasteiger partial charge in [-0.25, -0.2) is 4.39 Å². The Bertz CT molecular complexity index is 848. The van der Waals surface area contributed by atoms with Gasteiger partial charge in [0.05, 0.1) is 0 Å². The van der Waals surface area contributed by atoms with E-state index in [1.54, 1.807) is 19.2 Å². The SMILES string of the molecule is CC(C)N(C)S(=O)(=O)NC1CCc2nnc(-c3ccc(F)cc3)n2C1. The molecule has 1 aliphatic rings. The fraction of sp³-hybridized carbons (Fsp3) is 0.500. The van der Waals surface area contributed by atoms with Crippen molar-refractivity contribution in [1.29, 1.82) is 0 Å². The van der Waals surface area contributed by atoms with Crippen molar-refractivity contribution < 1.29 is 12.8 Å². The average molecular weight is 367 g/mol. The zero-order chi connectivity index (χ0) is 18.2. The predicted octanol–water partition coefficient (Wildman–Crippen LogP) is 1.57. The number of nitrogens with zero attached hydrogens (tertiary/aromatic N) is 4. The highest BCUT2D eigenvalue weighted by Crippen LogP contribution is 2.23. The third-order valence-electron chi connectivity index (χ3n) is 4.47. The Balaban J connectivity index is 1.82. The Labute approximate surface area is 147 Å². The van der Waals surface area contributed by atoms with Gasteiger partial charge < -0.3 is 4.57 Å². The Morgan fingerprint density at radius 1 is 1.28 bits per heavy atom. The Morgan fingerprint density at radius 2 is 1.96 bits per heavy atom. The van der Waals surface area contributed by atoms with Gasteiger partial charge in [0.2, 0.25) is 0 Å². The van der Waals surface area contributed by atoms with Crippen LogP contribution < -0.4 is 4.72 Å². The molecule has 3 rings (SSSR count). The molecule has 1 aromatic carbocycles. The molecule has 1 aromatic heterocycles. The van der Waals surface area contributed by atoms with Crippen LogP contribution in [0.4, 0.5) is 4.39 Å². The van der Waals surface area contributed by atoms with Crippen LogP contribution in [0, 0.1) is 5.82 Å². The van der Waals surface area contributed by atoms with Gasteiger partial charge in [-0.1, -0.05) is 0 Å². The molecule has 0 saturated heterocycles. The van der Waals surface area contributed by atoms with Crippen molar-refractivity contribution in [2.24, 2.45) is 0 Å². The first kappa shape index (κ1) is 18.0. The molecule has 1 N–H and O–H groups in total. The molecule has 0 aliphatic carbocycles. The molecule has 0 saturated carbocycles. The highest BCUT2D eigenvalue weighted by atomic mass is 32.2. The van der Waals surface area contributed by atoms with Gasteiger partial charge in [-0.15, -0.1) is 10.2 Å². The van der Waals surface area contributed by atoms with Gasteiger partial charge in [0.25, 0.3) is 10.2 Å². The zero-order valence-electron chi connectivity index (χ0n) is 14.5. The molecule has 2 aromatic rings. The van der Waals surface area contributed by atoms with Gasteiger partial charge in [0.15, 0.2) is 5.82 Å². The average Bonchev–Trinajstić information content (AvgIpc) is 2.97. The number of nitrogens with one attached hydrogen (secondary N) is 1. The van der Waals surface area contributed by atoms with Crippen molar-refractivity contribution in [2.45, 2.75) is 45.3 Å². The van der Waals surface area contributed by atoms with Crippen LogP contribution in [0.2, 0.25) is 0 Å². The monoisotopic (exact) mass is 367 g/mol. The third-order valence-corrected chi connectivity index (χ3v) is 6.28. The lowest BCUT2D eigenvalue weighted by Gasteiger charge is -2.28. The number of hydrogen-bond donors (Lipinski definition) is 1. The molecular formula is C16H22FN5O2S. The molecule has 25 heavy (non-hydrogen) atoms. The summed E-state index contributed by atoms with van der Waals surface area (Å²) in [6.45, 7) is 4.09. The van der Waals surface area contributed by atoms with Gasteiger partial charge >= 0.3 is 0 Å². The molecular weight excluding hydrogens is 345 g/mol. The van der Waals surface area contributed by atoms with Gasteiger partial charge in [0.1, 0.15) is 11.6 Å². The second-order valence-corrected chi connectivity index (χ2v) is 8.29. The Morgan fingerprint density at radius 3 is 2.60 bits per heavy atom. The first-order valence-electron chi connectivity index (χ1n) is 8.21. The molecule has 7 nitrogen and oxygen atoms in total. The molecule has 0 amide bonds. The fourth-order valence-corrected chi connectivity index (χ4v) is 4.14. The van der Waals surface area contributed by atoms with E-state index < -0.39 is 10.2 Å². The highest BCUT2D eigenvalue weighted by molar-refractivity contribution is 7.87. The lowest BCUT2D eigenvalue weighted by atomic mass is 10.1. The maximum absolute atomic E-state index is 13.1. The lowest BCUT2D eigenvalue weighted by molar-refractivity contribution is 0.373. The van der Waals surface area contributed by atoms with Gasteiger partial charge in [-0.3, -0.25) is 0 Å². The van der Waals surface area contributed by atoms with E-state index in [1.807, 2.05) is 18.4 Å². The van der Waals surface area contributed by atoms with Gasteiger partial charge in [0, 0.05) is 37.7 Å². The maximum atomic E-state index is 13.1. The van der Waals surface area contributed by atoms with E-state index in [4.69, 9.17) is 0 Å². The van der Waals surface area contributed by atoms with Crippen molar-refractivity contribution >= 4 is 10.2 Å². The van der Waals surface area contributed by atoms with E-state index in [2.05, 4.69) is 14.9 Å². The Kier molecular flexibility index (Phi) is 4.90. The summed E-state index contributed by atoms with van der Waals surface area (Å²) in [5.74, 6) is 1.12. The third kappa shape index (κ3) is 3.73. The smallest absolute Gasteiger partial charge is 0.279 e. The number of halogens is 1. The second-order valence-electron chi connectivity index (χ2n) is 6.53. The molecule has 0 fully saturated rings. The fourth-order valence-electron chi connectivity index (χ4n) is 2.81. The minimum atomic E-state index is -3.55. The zero-order valence-corrected chi connectivity index (χ0v) is 15.3. The van der Waals surface area contributed by atoms with Crippen LogP contribution in [0.3, 0.4) is 0 Å². The number of aryl methyl sites for hydroxylation is 1. The number of hydrogen-bond acceptors (Lipinski definition) is 4. The van der Waals surface area contributed by atoms with Crippen molar-refractivity contribution in [3.8, 4) is 11.4 Å². The van der Waals surface area contributed by atoms with Crippen LogP contribution in [0.1, 0.15) is 26.1 Å². The quantitative estimate of drug-likeness (QED) is 0.870. The second kappa shape index (κ2) is 6.81. The van der Waals surface area contributed by atoms with E-state index in [9.17, 15) is 12.8 Å². The predicted molar refractivity (Wildman–Crippen MR) is 92.5 cm³/mol. The van der Waals surface area contributed by atoms with Crippen LogP contribution in [0.25, 0.3) is 11.4 Å².